The Bertz CT molecular complexity index is 121. The highest BCUT2D eigenvalue weighted by molar-refractivity contribution is 4.93. The van der Waals surface area contributed by atoms with Gasteiger partial charge in [-0.15, -0.1) is 0 Å². The third-order valence-electron chi connectivity index (χ3n) is 1.81. The van der Waals surface area contributed by atoms with Crippen LogP contribution < -0.4 is 0 Å². The Kier molecular flexibility index (Phi) is 2.46. The second-order valence-electron chi connectivity index (χ2n) is 2.71. The summed E-state index contributed by atoms with van der Waals surface area (Å²) < 4.78 is 5.38. The van der Waals surface area contributed by atoms with E-state index < -0.39 is 0 Å². The molecule has 2 unspecified atom stereocenters. The molecule has 0 radical (unpaired) electrons. The fraction of sp³-hybridized carbons (Fsp3) is 0.750. The Morgan fingerprint density at radius 3 is 2.70 bits per heavy atom. The second-order valence-corrected chi connectivity index (χ2v) is 2.71. The van der Waals surface area contributed by atoms with Gasteiger partial charge >= 0.3 is 0 Å². The summed E-state index contributed by atoms with van der Waals surface area (Å²) in [4.78, 5) is 0. The van der Waals surface area contributed by atoms with Crippen LogP contribution in [0.5, 0.6) is 0 Å². The minimum absolute atomic E-state index is 0.00111. The van der Waals surface area contributed by atoms with E-state index in [1.54, 1.807) is 0 Å². The molecule has 0 saturated carbocycles. The predicted molar refractivity (Wildman–Crippen MR) is 39.8 cm³/mol. The molecule has 2 nitrogen and oxygen atoms in total. The lowest BCUT2D eigenvalue weighted by Gasteiger charge is -2.05. The Morgan fingerprint density at radius 1 is 1.60 bits per heavy atom. The monoisotopic (exact) mass is 142 g/mol. The SMILES string of the molecule is C/C=C/C1C[C@@H](O)C(C)O1. The van der Waals surface area contributed by atoms with E-state index in [1.165, 1.54) is 0 Å². The number of aliphatic hydroxyl groups excluding tert-OH is 1. The maximum atomic E-state index is 9.24. The van der Waals surface area contributed by atoms with Crippen LogP contribution in [0.4, 0.5) is 0 Å². The lowest BCUT2D eigenvalue weighted by Crippen LogP contribution is -2.15. The minimum Gasteiger partial charge on any atom is -0.390 e. The number of rotatable bonds is 1. The summed E-state index contributed by atoms with van der Waals surface area (Å²) in [5, 5.41) is 9.24. The van der Waals surface area contributed by atoms with Crippen molar-refractivity contribution in [3.8, 4) is 0 Å². The summed E-state index contributed by atoms with van der Waals surface area (Å²) in [6, 6.07) is 0. The Labute approximate surface area is 61.5 Å². The molecule has 1 rings (SSSR count). The number of hydrogen-bond donors (Lipinski definition) is 1. The van der Waals surface area contributed by atoms with Crippen LogP contribution in [0, 0.1) is 0 Å². The summed E-state index contributed by atoms with van der Waals surface area (Å²) in [5.41, 5.74) is 0. The molecule has 0 amide bonds. The van der Waals surface area contributed by atoms with Gasteiger partial charge in [0.05, 0.1) is 18.3 Å². The maximum Gasteiger partial charge on any atom is 0.0827 e. The highest BCUT2D eigenvalue weighted by atomic mass is 16.5. The van der Waals surface area contributed by atoms with Gasteiger partial charge in [0.1, 0.15) is 0 Å². The fourth-order valence-electron chi connectivity index (χ4n) is 1.19. The van der Waals surface area contributed by atoms with Crippen LogP contribution in [0.15, 0.2) is 12.2 Å². The van der Waals surface area contributed by atoms with Crippen LogP contribution in [0.3, 0.4) is 0 Å². The van der Waals surface area contributed by atoms with Gasteiger partial charge in [0.2, 0.25) is 0 Å². The molecule has 1 aliphatic rings. The fourth-order valence-corrected chi connectivity index (χ4v) is 1.19. The smallest absolute Gasteiger partial charge is 0.0827 e. The van der Waals surface area contributed by atoms with E-state index in [0.29, 0.717) is 0 Å². The van der Waals surface area contributed by atoms with E-state index in [2.05, 4.69) is 0 Å². The van der Waals surface area contributed by atoms with Crippen molar-refractivity contribution < 1.29 is 9.84 Å². The third kappa shape index (κ3) is 1.58. The molecule has 0 aromatic carbocycles. The molecule has 1 heterocycles. The zero-order valence-electron chi connectivity index (χ0n) is 6.45. The van der Waals surface area contributed by atoms with Crippen molar-refractivity contribution in [1.82, 2.24) is 0 Å². The van der Waals surface area contributed by atoms with E-state index in [0.717, 1.165) is 6.42 Å². The molecule has 0 aromatic rings. The standard InChI is InChI=1S/C8H14O2/c1-3-4-7-5-8(9)6(2)10-7/h3-4,6-9H,5H2,1-2H3/b4-3+/t6?,7?,8-/m1/s1. The van der Waals surface area contributed by atoms with Crippen molar-refractivity contribution in [3.63, 3.8) is 0 Å². The van der Waals surface area contributed by atoms with Gasteiger partial charge in [0.25, 0.3) is 0 Å². The van der Waals surface area contributed by atoms with E-state index in [1.807, 2.05) is 26.0 Å². The van der Waals surface area contributed by atoms with Crippen molar-refractivity contribution in [2.75, 3.05) is 0 Å². The first-order valence-electron chi connectivity index (χ1n) is 3.70. The van der Waals surface area contributed by atoms with Gasteiger partial charge in [-0.25, -0.2) is 0 Å². The molecule has 3 atom stereocenters. The molecule has 1 saturated heterocycles. The van der Waals surface area contributed by atoms with Gasteiger partial charge in [-0.2, -0.15) is 0 Å². The summed E-state index contributed by atoms with van der Waals surface area (Å²) in [5.74, 6) is 0. The molecule has 1 fully saturated rings. The Balaban J connectivity index is 2.41. The van der Waals surface area contributed by atoms with Crippen molar-refractivity contribution in [1.29, 1.82) is 0 Å². The summed E-state index contributed by atoms with van der Waals surface area (Å²) in [7, 11) is 0. The van der Waals surface area contributed by atoms with Gasteiger partial charge in [-0.05, 0) is 13.8 Å². The van der Waals surface area contributed by atoms with Crippen LogP contribution in [-0.2, 0) is 4.74 Å². The Morgan fingerprint density at radius 2 is 2.30 bits per heavy atom. The number of hydrogen-bond acceptors (Lipinski definition) is 2. The highest BCUT2D eigenvalue weighted by Gasteiger charge is 2.28. The third-order valence-corrected chi connectivity index (χ3v) is 1.81. The summed E-state index contributed by atoms with van der Waals surface area (Å²) in [6.07, 6.45) is 4.53. The molecule has 0 spiro atoms. The van der Waals surface area contributed by atoms with Crippen LogP contribution in [0.25, 0.3) is 0 Å². The van der Waals surface area contributed by atoms with Crippen LogP contribution in [0.1, 0.15) is 20.3 Å². The average Bonchev–Trinajstić information content (AvgIpc) is 2.14. The largest absolute Gasteiger partial charge is 0.390 e. The normalized spacial score (nSPS) is 41.3. The van der Waals surface area contributed by atoms with Crippen molar-refractivity contribution in [3.05, 3.63) is 12.2 Å². The Hall–Kier alpha value is -0.340. The molecule has 0 bridgehead atoms. The van der Waals surface area contributed by atoms with Crippen LogP contribution in [-0.4, -0.2) is 23.4 Å². The summed E-state index contributed by atoms with van der Waals surface area (Å²) >= 11 is 0. The van der Waals surface area contributed by atoms with Crippen LogP contribution in [0.2, 0.25) is 0 Å². The van der Waals surface area contributed by atoms with Gasteiger partial charge in [0, 0.05) is 6.42 Å². The quantitative estimate of drug-likeness (QED) is 0.555. The first-order chi connectivity index (χ1) is 4.74. The molecule has 1 N–H and O–H groups in total. The molecular weight excluding hydrogens is 128 g/mol. The van der Waals surface area contributed by atoms with Crippen molar-refractivity contribution in [2.45, 2.75) is 38.6 Å². The van der Waals surface area contributed by atoms with E-state index in [-0.39, 0.29) is 18.3 Å². The molecular formula is C8H14O2. The average molecular weight is 142 g/mol. The van der Waals surface area contributed by atoms with Gasteiger partial charge in [0.15, 0.2) is 0 Å². The molecule has 10 heavy (non-hydrogen) atoms. The zero-order chi connectivity index (χ0) is 7.56. The van der Waals surface area contributed by atoms with Crippen LogP contribution >= 0.6 is 0 Å². The molecule has 58 valence electrons. The zero-order valence-corrected chi connectivity index (χ0v) is 6.45. The maximum absolute atomic E-state index is 9.24. The van der Waals surface area contributed by atoms with Gasteiger partial charge in [-0.1, -0.05) is 12.2 Å². The number of ether oxygens (including phenoxy) is 1. The molecule has 0 aliphatic carbocycles. The predicted octanol–water partition coefficient (Wildman–Crippen LogP) is 1.10. The van der Waals surface area contributed by atoms with Crippen molar-refractivity contribution >= 4 is 0 Å². The van der Waals surface area contributed by atoms with Crippen molar-refractivity contribution in [2.24, 2.45) is 0 Å². The van der Waals surface area contributed by atoms with Gasteiger partial charge in [-0.3, -0.25) is 0 Å². The number of allylic oxidation sites excluding steroid dienone is 1. The van der Waals surface area contributed by atoms with Gasteiger partial charge < -0.3 is 9.84 Å². The second kappa shape index (κ2) is 3.17. The lowest BCUT2D eigenvalue weighted by molar-refractivity contribution is 0.0371. The molecule has 0 aromatic heterocycles. The summed E-state index contributed by atoms with van der Waals surface area (Å²) in [6.45, 7) is 3.85. The van der Waals surface area contributed by atoms with E-state index in [9.17, 15) is 5.11 Å². The first-order valence-corrected chi connectivity index (χ1v) is 3.70. The molecule has 1 aliphatic heterocycles. The first kappa shape index (κ1) is 7.76. The topological polar surface area (TPSA) is 29.5 Å². The highest BCUT2D eigenvalue weighted by Crippen LogP contribution is 2.20. The minimum atomic E-state index is -0.277. The lowest BCUT2D eigenvalue weighted by atomic mass is 10.1. The molecule has 2 heteroatoms. The van der Waals surface area contributed by atoms with E-state index in [4.69, 9.17) is 4.74 Å². The van der Waals surface area contributed by atoms with E-state index >= 15 is 0 Å². The number of aliphatic hydroxyl groups is 1.